The van der Waals surface area contributed by atoms with Crippen molar-refractivity contribution in [1.82, 2.24) is 10.2 Å². The number of hydrogen-bond donors (Lipinski definition) is 1. The third-order valence-electron chi connectivity index (χ3n) is 2.92. The van der Waals surface area contributed by atoms with E-state index in [1.807, 2.05) is 20.8 Å². The Hall–Kier alpha value is -1.10. The van der Waals surface area contributed by atoms with Crippen molar-refractivity contribution in [2.45, 2.75) is 59.4 Å². The van der Waals surface area contributed by atoms with E-state index in [0.717, 1.165) is 32.4 Å². The molecule has 0 heterocycles. The highest BCUT2D eigenvalue weighted by Crippen LogP contribution is 2.03. The van der Waals surface area contributed by atoms with Crippen LogP contribution in [0.4, 0.5) is 0 Å². The Morgan fingerprint density at radius 1 is 1.15 bits per heavy atom. The van der Waals surface area contributed by atoms with E-state index in [4.69, 9.17) is 4.74 Å². The van der Waals surface area contributed by atoms with Gasteiger partial charge in [-0.05, 0) is 46.7 Å². The van der Waals surface area contributed by atoms with E-state index in [2.05, 4.69) is 17.1 Å². The van der Waals surface area contributed by atoms with E-state index >= 15 is 0 Å². The Labute approximate surface area is 123 Å². The smallest absolute Gasteiger partial charge is 0.305 e. The van der Waals surface area contributed by atoms with Gasteiger partial charge in [-0.3, -0.25) is 14.5 Å². The van der Waals surface area contributed by atoms with Crippen molar-refractivity contribution in [3.05, 3.63) is 0 Å². The highest BCUT2D eigenvalue weighted by atomic mass is 16.5. The summed E-state index contributed by atoms with van der Waals surface area (Å²) < 4.78 is 4.88. The minimum absolute atomic E-state index is 0.0772. The maximum atomic E-state index is 11.7. The van der Waals surface area contributed by atoms with Crippen LogP contribution in [-0.4, -0.2) is 49.1 Å². The van der Waals surface area contributed by atoms with Crippen molar-refractivity contribution in [1.29, 1.82) is 0 Å². The lowest BCUT2D eigenvalue weighted by molar-refractivity contribution is -0.143. The fraction of sp³-hybridized carbons (Fsp3) is 0.867. The number of esters is 1. The molecule has 0 aromatic rings. The number of amides is 1. The molecule has 0 aliphatic carbocycles. The number of nitrogens with zero attached hydrogens (tertiary/aromatic N) is 1. The van der Waals surface area contributed by atoms with Crippen molar-refractivity contribution in [2.75, 3.05) is 26.2 Å². The van der Waals surface area contributed by atoms with Crippen LogP contribution in [-0.2, 0) is 14.3 Å². The van der Waals surface area contributed by atoms with Gasteiger partial charge in [0.2, 0.25) is 5.91 Å². The van der Waals surface area contributed by atoms with Gasteiger partial charge in [-0.2, -0.15) is 0 Å². The second kappa shape index (κ2) is 11.7. The topological polar surface area (TPSA) is 58.6 Å². The van der Waals surface area contributed by atoms with Crippen LogP contribution >= 0.6 is 0 Å². The Balaban J connectivity index is 3.69. The zero-order chi connectivity index (χ0) is 15.4. The first-order valence-corrected chi connectivity index (χ1v) is 7.66. The molecule has 5 heteroatoms. The molecule has 0 radical (unpaired) electrons. The third kappa shape index (κ3) is 10.8. The number of likely N-dealkylation sites (N-methyl/N-ethyl adjacent to an activating group) is 1. The molecule has 0 rings (SSSR count). The molecule has 0 atom stereocenters. The summed E-state index contributed by atoms with van der Waals surface area (Å²) in [5.74, 6) is -0.0375. The molecule has 1 N–H and O–H groups in total. The van der Waals surface area contributed by atoms with E-state index in [-0.39, 0.29) is 17.9 Å². The minimum atomic E-state index is -0.115. The SMILES string of the molecule is CCOC(=O)CCCCCN(CC)CC(=O)NC(C)C. The van der Waals surface area contributed by atoms with E-state index in [9.17, 15) is 9.59 Å². The Bertz CT molecular complexity index is 280. The van der Waals surface area contributed by atoms with Crippen LogP contribution in [0.2, 0.25) is 0 Å². The second-order valence-electron chi connectivity index (χ2n) is 5.21. The molecule has 0 aromatic heterocycles. The summed E-state index contributed by atoms with van der Waals surface area (Å²) in [7, 11) is 0. The maximum absolute atomic E-state index is 11.7. The van der Waals surface area contributed by atoms with Crippen LogP contribution in [0, 0.1) is 0 Å². The zero-order valence-corrected chi connectivity index (χ0v) is 13.4. The molecule has 118 valence electrons. The number of ether oxygens (including phenoxy) is 1. The number of unbranched alkanes of at least 4 members (excludes halogenated alkanes) is 2. The molecule has 0 spiro atoms. The van der Waals surface area contributed by atoms with Gasteiger partial charge >= 0.3 is 5.97 Å². The lowest BCUT2D eigenvalue weighted by Crippen LogP contribution is -2.40. The Morgan fingerprint density at radius 3 is 2.40 bits per heavy atom. The van der Waals surface area contributed by atoms with Gasteiger partial charge in [0, 0.05) is 12.5 Å². The fourth-order valence-corrected chi connectivity index (χ4v) is 1.93. The average Bonchev–Trinajstić information content (AvgIpc) is 2.36. The summed E-state index contributed by atoms with van der Waals surface area (Å²) in [6, 6.07) is 0.186. The molecule has 0 bridgehead atoms. The lowest BCUT2D eigenvalue weighted by Gasteiger charge is -2.20. The summed E-state index contributed by atoms with van der Waals surface area (Å²) in [6.45, 7) is 10.5. The third-order valence-corrected chi connectivity index (χ3v) is 2.92. The quantitative estimate of drug-likeness (QED) is 0.466. The average molecular weight is 286 g/mol. The van der Waals surface area contributed by atoms with Crippen molar-refractivity contribution in [3.8, 4) is 0 Å². The summed E-state index contributed by atoms with van der Waals surface area (Å²) >= 11 is 0. The van der Waals surface area contributed by atoms with Crippen LogP contribution in [0.3, 0.4) is 0 Å². The highest BCUT2D eigenvalue weighted by Gasteiger charge is 2.09. The molecular formula is C15H30N2O3. The van der Waals surface area contributed by atoms with E-state index in [0.29, 0.717) is 19.6 Å². The minimum Gasteiger partial charge on any atom is -0.466 e. The first-order chi connectivity index (χ1) is 9.49. The van der Waals surface area contributed by atoms with Gasteiger partial charge in [-0.1, -0.05) is 13.3 Å². The summed E-state index contributed by atoms with van der Waals surface area (Å²) in [4.78, 5) is 24.9. The molecule has 0 aliphatic heterocycles. The molecule has 0 fully saturated rings. The molecule has 0 saturated heterocycles. The normalized spacial score (nSPS) is 10.9. The van der Waals surface area contributed by atoms with Gasteiger partial charge in [0.05, 0.1) is 13.2 Å². The van der Waals surface area contributed by atoms with E-state index < -0.39 is 0 Å². The van der Waals surface area contributed by atoms with Gasteiger partial charge < -0.3 is 10.1 Å². The number of carbonyl (C=O) groups is 2. The number of carbonyl (C=O) groups excluding carboxylic acids is 2. The maximum Gasteiger partial charge on any atom is 0.305 e. The molecule has 0 saturated carbocycles. The fourth-order valence-electron chi connectivity index (χ4n) is 1.93. The second-order valence-corrected chi connectivity index (χ2v) is 5.21. The van der Waals surface area contributed by atoms with Gasteiger partial charge in [-0.25, -0.2) is 0 Å². The molecule has 1 amide bonds. The standard InChI is InChI=1S/C15H30N2O3/c1-5-17(12-14(18)16-13(3)4)11-9-7-8-10-15(19)20-6-2/h13H,5-12H2,1-4H3,(H,16,18). The number of nitrogens with one attached hydrogen (secondary N) is 1. The predicted molar refractivity (Wildman–Crippen MR) is 80.5 cm³/mol. The molecule has 0 aromatic carbocycles. The lowest BCUT2D eigenvalue weighted by atomic mass is 10.2. The number of hydrogen-bond acceptors (Lipinski definition) is 4. The molecule has 0 aliphatic rings. The van der Waals surface area contributed by atoms with Crippen LogP contribution < -0.4 is 5.32 Å². The Kier molecular flexibility index (Phi) is 11.1. The monoisotopic (exact) mass is 286 g/mol. The van der Waals surface area contributed by atoms with Crippen LogP contribution in [0.5, 0.6) is 0 Å². The molecule has 20 heavy (non-hydrogen) atoms. The van der Waals surface area contributed by atoms with E-state index in [1.54, 1.807) is 0 Å². The van der Waals surface area contributed by atoms with Crippen LogP contribution in [0.15, 0.2) is 0 Å². The number of rotatable bonds is 11. The van der Waals surface area contributed by atoms with Crippen LogP contribution in [0.25, 0.3) is 0 Å². The molecule has 5 nitrogen and oxygen atoms in total. The Morgan fingerprint density at radius 2 is 1.85 bits per heavy atom. The zero-order valence-electron chi connectivity index (χ0n) is 13.4. The van der Waals surface area contributed by atoms with Crippen LogP contribution in [0.1, 0.15) is 53.4 Å². The van der Waals surface area contributed by atoms with Crippen molar-refractivity contribution in [2.24, 2.45) is 0 Å². The van der Waals surface area contributed by atoms with Gasteiger partial charge in [0.15, 0.2) is 0 Å². The first kappa shape index (κ1) is 18.9. The largest absolute Gasteiger partial charge is 0.466 e. The van der Waals surface area contributed by atoms with Gasteiger partial charge in [-0.15, -0.1) is 0 Å². The van der Waals surface area contributed by atoms with Gasteiger partial charge in [0.25, 0.3) is 0 Å². The first-order valence-electron chi connectivity index (χ1n) is 7.66. The van der Waals surface area contributed by atoms with Crippen molar-refractivity contribution >= 4 is 11.9 Å². The summed E-state index contributed by atoms with van der Waals surface area (Å²) in [5, 5.41) is 2.90. The summed E-state index contributed by atoms with van der Waals surface area (Å²) in [6.07, 6.45) is 3.34. The molecular weight excluding hydrogens is 256 g/mol. The van der Waals surface area contributed by atoms with Gasteiger partial charge in [0.1, 0.15) is 0 Å². The molecule has 0 unspecified atom stereocenters. The predicted octanol–water partition coefficient (Wildman–Crippen LogP) is 1.96. The highest BCUT2D eigenvalue weighted by molar-refractivity contribution is 5.78. The van der Waals surface area contributed by atoms with E-state index in [1.165, 1.54) is 0 Å². The van der Waals surface area contributed by atoms with Crippen molar-refractivity contribution in [3.63, 3.8) is 0 Å². The van der Waals surface area contributed by atoms with Crippen molar-refractivity contribution < 1.29 is 14.3 Å². The summed E-state index contributed by atoms with van der Waals surface area (Å²) in [5.41, 5.74) is 0.